The molecular formula is C24H26FN3O3. The van der Waals surface area contributed by atoms with Crippen LogP contribution in [0.1, 0.15) is 30.4 Å². The number of amides is 2. The van der Waals surface area contributed by atoms with E-state index in [2.05, 4.69) is 16.7 Å². The molecule has 2 amide bonds. The maximum Gasteiger partial charge on any atom is 0.223 e. The Kier molecular flexibility index (Phi) is 8.13. The molecule has 1 saturated heterocycles. The van der Waals surface area contributed by atoms with Crippen molar-refractivity contribution in [2.75, 3.05) is 6.54 Å². The van der Waals surface area contributed by atoms with E-state index in [4.69, 9.17) is 4.74 Å². The highest BCUT2D eigenvalue weighted by molar-refractivity contribution is 5.81. The van der Waals surface area contributed by atoms with Gasteiger partial charge in [0.05, 0.1) is 25.2 Å². The fourth-order valence-electron chi connectivity index (χ4n) is 3.62. The zero-order valence-corrected chi connectivity index (χ0v) is 17.2. The topological polar surface area (TPSA) is 91.2 Å². The van der Waals surface area contributed by atoms with Crippen LogP contribution < -0.4 is 10.6 Å². The number of nitrogens with one attached hydrogen (secondary N) is 2. The number of rotatable bonds is 10. The largest absolute Gasteiger partial charge is 0.373 e. The number of carbonyl (C=O) groups excluding carboxylic acids is 2. The van der Waals surface area contributed by atoms with Crippen LogP contribution in [-0.4, -0.2) is 30.5 Å². The molecule has 3 unspecified atom stereocenters. The number of hydrogen-bond donors (Lipinski definition) is 2. The van der Waals surface area contributed by atoms with Gasteiger partial charge in [0.2, 0.25) is 11.8 Å². The highest BCUT2D eigenvalue weighted by Gasteiger charge is 2.28. The van der Waals surface area contributed by atoms with Crippen LogP contribution in [0.2, 0.25) is 0 Å². The smallest absolute Gasteiger partial charge is 0.223 e. The maximum atomic E-state index is 13.2. The quantitative estimate of drug-likeness (QED) is 0.615. The molecule has 3 atom stereocenters. The summed E-state index contributed by atoms with van der Waals surface area (Å²) in [5, 5.41) is 14.9. The normalized spacial score (nSPS) is 17.4. The minimum absolute atomic E-state index is 0.0548. The van der Waals surface area contributed by atoms with E-state index in [1.54, 1.807) is 12.1 Å². The van der Waals surface area contributed by atoms with Gasteiger partial charge in [0.15, 0.2) is 0 Å². The molecule has 6 nitrogen and oxygen atoms in total. The Bertz CT molecular complexity index is 912. The molecule has 1 aliphatic heterocycles. The van der Waals surface area contributed by atoms with Crippen LogP contribution in [0.15, 0.2) is 54.6 Å². The summed E-state index contributed by atoms with van der Waals surface area (Å²) in [5.41, 5.74) is 1.83. The second kappa shape index (κ2) is 11.2. The van der Waals surface area contributed by atoms with Crippen molar-refractivity contribution in [3.8, 4) is 6.07 Å². The van der Waals surface area contributed by atoms with Crippen LogP contribution in [0.25, 0.3) is 0 Å². The molecule has 0 saturated carbocycles. The number of hydrogen-bond acceptors (Lipinski definition) is 4. The third-order valence-electron chi connectivity index (χ3n) is 5.29. The lowest BCUT2D eigenvalue weighted by atomic mass is 9.98. The summed E-state index contributed by atoms with van der Waals surface area (Å²) in [6.45, 7) is 0.937. The molecule has 0 spiro atoms. The maximum absolute atomic E-state index is 13.2. The van der Waals surface area contributed by atoms with Crippen LogP contribution in [0.3, 0.4) is 0 Å². The lowest BCUT2D eigenvalue weighted by Gasteiger charge is -2.20. The van der Waals surface area contributed by atoms with Gasteiger partial charge in [0, 0.05) is 12.5 Å². The second-order valence-electron chi connectivity index (χ2n) is 7.71. The summed E-state index contributed by atoms with van der Waals surface area (Å²) in [6, 6.07) is 17.1. The molecule has 0 aliphatic carbocycles. The summed E-state index contributed by atoms with van der Waals surface area (Å²) < 4.78 is 19.2. The van der Waals surface area contributed by atoms with Crippen LogP contribution in [0, 0.1) is 23.1 Å². The third-order valence-corrected chi connectivity index (χ3v) is 5.29. The number of nitrogens with zero attached hydrogens (tertiary/aromatic N) is 1. The monoisotopic (exact) mass is 423 g/mol. The van der Waals surface area contributed by atoms with E-state index in [1.165, 1.54) is 12.1 Å². The van der Waals surface area contributed by atoms with Gasteiger partial charge in [-0.1, -0.05) is 42.5 Å². The molecule has 1 fully saturated rings. The summed E-state index contributed by atoms with van der Waals surface area (Å²) in [4.78, 5) is 24.4. The van der Waals surface area contributed by atoms with Crippen molar-refractivity contribution < 1.29 is 18.7 Å². The van der Waals surface area contributed by atoms with Gasteiger partial charge >= 0.3 is 0 Å². The van der Waals surface area contributed by atoms with Gasteiger partial charge in [-0.3, -0.25) is 9.59 Å². The number of ether oxygens (including phenoxy) is 1. The number of benzene rings is 2. The van der Waals surface area contributed by atoms with E-state index in [9.17, 15) is 19.2 Å². The van der Waals surface area contributed by atoms with Gasteiger partial charge in [0.25, 0.3) is 0 Å². The van der Waals surface area contributed by atoms with E-state index in [1.807, 2.05) is 30.3 Å². The van der Waals surface area contributed by atoms with E-state index in [-0.39, 0.29) is 30.0 Å². The van der Waals surface area contributed by atoms with Gasteiger partial charge in [-0.25, -0.2) is 4.39 Å². The van der Waals surface area contributed by atoms with Crippen molar-refractivity contribution in [2.24, 2.45) is 5.92 Å². The first-order chi connectivity index (χ1) is 15.0. The van der Waals surface area contributed by atoms with E-state index in [0.717, 1.165) is 11.1 Å². The Morgan fingerprint density at radius 3 is 2.58 bits per heavy atom. The van der Waals surface area contributed by atoms with Crippen LogP contribution in [-0.2, 0) is 27.4 Å². The molecule has 31 heavy (non-hydrogen) atoms. The summed E-state index contributed by atoms with van der Waals surface area (Å²) in [6.07, 6.45) is 1.00. The Balaban J connectivity index is 1.60. The molecule has 7 heteroatoms. The summed E-state index contributed by atoms with van der Waals surface area (Å²) >= 11 is 0. The van der Waals surface area contributed by atoms with Gasteiger partial charge in [-0.15, -0.1) is 0 Å². The summed E-state index contributed by atoms with van der Waals surface area (Å²) in [5.74, 6) is -0.967. The number of halogens is 1. The molecule has 162 valence electrons. The lowest BCUT2D eigenvalue weighted by molar-refractivity contribution is -0.126. The van der Waals surface area contributed by atoms with Crippen molar-refractivity contribution in [3.63, 3.8) is 0 Å². The third kappa shape index (κ3) is 7.19. The van der Waals surface area contributed by atoms with E-state index >= 15 is 0 Å². The standard InChI is InChI=1S/C24H26FN3O3/c25-20-8-6-17(7-9-20)12-22(31-16-18-4-2-1-3-5-18)14-23(29)28-21(15-26)13-19-10-11-27-24(19)30/h1-9,19,21-22H,10-14,16H2,(H,27,30)(H,28,29). The Morgan fingerprint density at radius 2 is 1.94 bits per heavy atom. The first-order valence-corrected chi connectivity index (χ1v) is 10.4. The fraction of sp³-hybridized carbons (Fsp3) is 0.375. The number of carbonyl (C=O) groups is 2. The lowest BCUT2D eigenvalue weighted by Crippen LogP contribution is -2.38. The van der Waals surface area contributed by atoms with Gasteiger partial charge in [-0.2, -0.15) is 5.26 Å². The first-order valence-electron chi connectivity index (χ1n) is 10.4. The fourth-order valence-corrected chi connectivity index (χ4v) is 3.62. The van der Waals surface area contributed by atoms with Crippen molar-refractivity contribution in [3.05, 3.63) is 71.5 Å². The molecule has 0 radical (unpaired) electrons. The predicted molar refractivity (Wildman–Crippen MR) is 113 cm³/mol. The first kappa shape index (κ1) is 22.4. The molecule has 3 rings (SSSR count). The molecule has 2 aromatic rings. The Hall–Kier alpha value is -3.24. The Morgan fingerprint density at radius 1 is 1.19 bits per heavy atom. The van der Waals surface area contributed by atoms with Gasteiger partial charge in [0.1, 0.15) is 11.9 Å². The zero-order valence-electron chi connectivity index (χ0n) is 17.2. The highest BCUT2D eigenvalue weighted by Crippen LogP contribution is 2.17. The van der Waals surface area contributed by atoms with Crippen molar-refractivity contribution in [1.29, 1.82) is 5.26 Å². The van der Waals surface area contributed by atoms with E-state index in [0.29, 0.717) is 32.4 Å². The van der Waals surface area contributed by atoms with Gasteiger partial charge < -0.3 is 15.4 Å². The zero-order chi connectivity index (χ0) is 22.1. The highest BCUT2D eigenvalue weighted by atomic mass is 19.1. The van der Waals surface area contributed by atoms with Crippen molar-refractivity contribution >= 4 is 11.8 Å². The molecular weight excluding hydrogens is 397 g/mol. The van der Waals surface area contributed by atoms with Crippen LogP contribution in [0.5, 0.6) is 0 Å². The summed E-state index contributed by atoms with van der Waals surface area (Å²) in [7, 11) is 0. The average molecular weight is 423 g/mol. The van der Waals surface area contributed by atoms with Crippen LogP contribution >= 0.6 is 0 Å². The van der Waals surface area contributed by atoms with Crippen molar-refractivity contribution in [2.45, 2.75) is 44.4 Å². The Labute approximate surface area is 181 Å². The molecule has 1 aliphatic rings. The minimum Gasteiger partial charge on any atom is -0.373 e. The van der Waals surface area contributed by atoms with Gasteiger partial charge in [-0.05, 0) is 42.5 Å². The number of nitriles is 1. The molecule has 2 aromatic carbocycles. The molecule has 2 N–H and O–H groups in total. The average Bonchev–Trinajstić information content (AvgIpc) is 3.18. The van der Waals surface area contributed by atoms with Crippen molar-refractivity contribution in [1.82, 2.24) is 10.6 Å². The minimum atomic E-state index is -0.734. The molecule has 0 bridgehead atoms. The van der Waals surface area contributed by atoms with E-state index < -0.39 is 12.1 Å². The molecule has 1 heterocycles. The molecule has 0 aromatic heterocycles. The van der Waals surface area contributed by atoms with Crippen LogP contribution in [0.4, 0.5) is 4.39 Å². The SMILES string of the molecule is N#CC(CC1CCNC1=O)NC(=O)CC(Cc1ccc(F)cc1)OCc1ccccc1. The predicted octanol–water partition coefficient (Wildman–Crippen LogP) is 2.88. The second-order valence-corrected chi connectivity index (χ2v) is 7.71.